The molecule has 21 heavy (non-hydrogen) atoms. The normalized spacial score (nSPS) is 11.3. The molecule has 0 aliphatic rings. The van der Waals surface area contributed by atoms with E-state index in [0.29, 0.717) is 5.56 Å². The molecule has 1 N–H and O–H groups in total. The summed E-state index contributed by atoms with van der Waals surface area (Å²) in [4.78, 5) is 19.3. The van der Waals surface area contributed by atoms with Gasteiger partial charge in [0.15, 0.2) is 0 Å². The third kappa shape index (κ3) is 2.77. The number of benzene rings is 2. The molecular formula is C18H16N2O. The molecule has 1 aromatic heterocycles. The number of aromatic amines is 1. The molecule has 3 nitrogen and oxygen atoms in total. The summed E-state index contributed by atoms with van der Waals surface area (Å²) in [5.41, 5.74) is 4.55. The summed E-state index contributed by atoms with van der Waals surface area (Å²) in [6, 6.07) is 15.6. The minimum absolute atomic E-state index is 0.124. The van der Waals surface area contributed by atoms with Crippen LogP contribution in [0, 0.1) is 13.8 Å². The lowest BCUT2D eigenvalue weighted by Crippen LogP contribution is -2.11. The molecule has 0 aliphatic heterocycles. The van der Waals surface area contributed by atoms with Crippen molar-refractivity contribution < 1.29 is 0 Å². The first kappa shape index (κ1) is 13.3. The number of hydrogen-bond donors (Lipinski definition) is 1. The molecule has 0 bridgehead atoms. The Morgan fingerprint density at radius 3 is 2.62 bits per heavy atom. The third-order valence-electron chi connectivity index (χ3n) is 3.63. The fraction of sp³-hybridized carbons (Fsp3) is 0.111. The molecule has 0 aliphatic carbocycles. The van der Waals surface area contributed by atoms with Crippen molar-refractivity contribution in [3.05, 3.63) is 75.6 Å². The molecule has 0 saturated heterocycles. The van der Waals surface area contributed by atoms with E-state index < -0.39 is 0 Å². The van der Waals surface area contributed by atoms with Gasteiger partial charge in [0.25, 0.3) is 5.56 Å². The molecule has 3 heteroatoms. The fourth-order valence-corrected chi connectivity index (χ4v) is 2.21. The average Bonchev–Trinajstić information content (AvgIpc) is 2.48. The highest BCUT2D eigenvalue weighted by atomic mass is 16.1. The first-order valence-electron chi connectivity index (χ1n) is 6.87. The van der Waals surface area contributed by atoms with Gasteiger partial charge in [0.2, 0.25) is 0 Å². The Balaban J connectivity index is 2.00. The summed E-state index contributed by atoms with van der Waals surface area (Å²) in [7, 11) is 0. The number of aliphatic imine (C=N–C) groups is 1. The van der Waals surface area contributed by atoms with Gasteiger partial charge in [-0.05, 0) is 54.6 Å². The predicted octanol–water partition coefficient (Wildman–Crippen LogP) is 3.90. The molecule has 0 saturated carbocycles. The van der Waals surface area contributed by atoms with Gasteiger partial charge in [0, 0.05) is 11.7 Å². The lowest BCUT2D eigenvalue weighted by molar-refractivity contribution is 1.29. The number of hydrogen-bond acceptors (Lipinski definition) is 2. The van der Waals surface area contributed by atoms with Gasteiger partial charge in [-0.15, -0.1) is 0 Å². The first-order chi connectivity index (χ1) is 10.1. The molecule has 0 fully saturated rings. The van der Waals surface area contributed by atoms with Gasteiger partial charge in [-0.1, -0.05) is 24.3 Å². The second-order valence-electron chi connectivity index (χ2n) is 5.17. The van der Waals surface area contributed by atoms with Crippen LogP contribution >= 0.6 is 0 Å². The summed E-state index contributed by atoms with van der Waals surface area (Å²) >= 11 is 0. The maximum Gasteiger partial charge on any atom is 0.257 e. The number of aromatic nitrogens is 1. The smallest absolute Gasteiger partial charge is 0.257 e. The third-order valence-corrected chi connectivity index (χ3v) is 3.63. The molecule has 104 valence electrons. The van der Waals surface area contributed by atoms with E-state index in [2.05, 4.69) is 23.8 Å². The van der Waals surface area contributed by atoms with Crippen molar-refractivity contribution in [2.24, 2.45) is 4.99 Å². The second kappa shape index (κ2) is 5.37. The average molecular weight is 276 g/mol. The van der Waals surface area contributed by atoms with Crippen LogP contribution in [-0.4, -0.2) is 11.2 Å². The molecule has 0 radical (unpaired) electrons. The second-order valence-corrected chi connectivity index (χ2v) is 5.17. The van der Waals surface area contributed by atoms with E-state index in [1.165, 1.54) is 11.1 Å². The number of aryl methyl sites for hydroxylation is 2. The number of H-pyrrole nitrogens is 1. The Bertz CT molecular complexity index is 891. The van der Waals surface area contributed by atoms with E-state index in [-0.39, 0.29) is 5.56 Å². The van der Waals surface area contributed by atoms with Gasteiger partial charge in [-0.3, -0.25) is 9.79 Å². The standard InChI is InChI=1S/C18H16N2O/c1-12-7-8-16(9-13(12)2)19-11-15-10-14-5-3-4-6-17(14)20-18(15)21/h3-11H,1-2H3,(H,20,21). The topological polar surface area (TPSA) is 45.2 Å². The molecule has 3 aromatic rings. The van der Waals surface area contributed by atoms with Crippen LogP contribution < -0.4 is 5.56 Å². The van der Waals surface area contributed by atoms with Gasteiger partial charge in [0.1, 0.15) is 0 Å². The quantitative estimate of drug-likeness (QED) is 0.709. The zero-order valence-corrected chi connectivity index (χ0v) is 12.1. The van der Waals surface area contributed by atoms with Crippen molar-refractivity contribution >= 4 is 22.8 Å². The van der Waals surface area contributed by atoms with E-state index in [1.807, 2.05) is 48.5 Å². The van der Waals surface area contributed by atoms with Crippen molar-refractivity contribution in [2.45, 2.75) is 13.8 Å². The number of pyridine rings is 1. The SMILES string of the molecule is Cc1ccc(N=Cc2cc3ccccc3[nH]c2=O)cc1C. The Labute approximate surface area is 123 Å². The van der Waals surface area contributed by atoms with Crippen molar-refractivity contribution in [1.29, 1.82) is 0 Å². The van der Waals surface area contributed by atoms with Crippen molar-refractivity contribution in [3.63, 3.8) is 0 Å². The maximum absolute atomic E-state index is 12.0. The number of rotatable bonds is 2. The van der Waals surface area contributed by atoms with E-state index in [0.717, 1.165) is 16.6 Å². The fourth-order valence-electron chi connectivity index (χ4n) is 2.21. The van der Waals surface area contributed by atoms with E-state index in [1.54, 1.807) is 6.21 Å². The monoisotopic (exact) mass is 276 g/mol. The molecule has 0 spiro atoms. The highest BCUT2D eigenvalue weighted by molar-refractivity contribution is 5.88. The van der Waals surface area contributed by atoms with Crippen LogP contribution in [0.1, 0.15) is 16.7 Å². The van der Waals surface area contributed by atoms with Gasteiger partial charge in [-0.25, -0.2) is 0 Å². The Kier molecular flexibility index (Phi) is 3.40. The van der Waals surface area contributed by atoms with Crippen molar-refractivity contribution in [3.8, 4) is 0 Å². The predicted molar refractivity (Wildman–Crippen MR) is 87.7 cm³/mol. The van der Waals surface area contributed by atoms with E-state index >= 15 is 0 Å². The van der Waals surface area contributed by atoms with E-state index in [4.69, 9.17) is 0 Å². The van der Waals surface area contributed by atoms with Gasteiger partial charge < -0.3 is 4.98 Å². The Morgan fingerprint density at radius 2 is 1.81 bits per heavy atom. The van der Waals surface area contributed by atoms with Gasteiger partial charge in [-0.2, -0.15) is 0 Å². The highest BCUT2D eigenvalue weighted by Gasteiger charge is 2.00. The first-order valence-corrected chi connectivity index (χ1v) is 6.87. The van der Waals surface area contributed by atoms with Crippen LogP contribution in [-0.2, 0) is 0 Å². The van der Waals surface area contributed by atoms with Crippen LogP contribution in [0.25, 0.3) is 10.9 Å². The number of fused-ring (bicyclic) bond motifs is 1. The summed E-state index contributed by atoms with van der Waals surface area (Å²) < 4.78 is 0. The molecular weight excluding hydrogens is 260 g/mol. The van der Waals surface area contributed by atoms with Crippen LogP contribution in [0.5, 0.6) is 0 Å². The molecule has 0 atom stereocenters. The molecule has 0 unspecified atom stereocenters. The maximum atomic E-state index is 12.0. The zero-order valence-electron chi connectivity index (χ0n) is 12.1. The van der Waals surface area contributed by atoms with Gasteiger partial charge >= 0.3 is 0 Å². The van der Waals surface area contributed by atoms with Crippen LogP contribution in [0.4, 0.5) is 5.69 Å². The van der Waals surface area contributed by atoms with Crippen molar-refractivity contribution in [2.75, 3.05) is 0 Å². The highest BCUT2D eigenvalue weighted by Crippen LogP contribution is 2.17. The summed E-state index contributed by atoms with van der Waals surface area (Å²) in [5, 5.41) is 0.999. The van der Waals surface area contributed by atoms with Crippen LogP contribution in [0.15, 0.2) is 58.3 Å². The summed E-state index contributed by atoms with van der Waals surface area (Å²) in [5.74, 6) is 0. The number of nitrogens with one attached hydrogen (secondary N) is 1. The Hall–Kier alpha value is -2.68. The summed E-state index contributed by atoms with van der Waals surface area (Å²) in [6.07, 6.45) is 1.62. The van der Waals surface area contributed by atoms with E-state index in [9.17, 15) is 4.79 Å². The lowest BCUT2D eigenvalue weighted by Gasteiger charge is -2.01. The number of para-hydroxylation sites is 1. The molecule has 3 rings (SSSR count). The molecule has 0 amide bonds. The largest absolute Gasteiger partial charge is 0.321 e. The van der Waals surface area contributed by atoms with Crippen LogP contribution in [0.2, 0.25) is 0 Å². The van der Waals surface area contributed by atoms with Crippen molar-refractivity contribution in [1.82, 2.24) is 4.98 Å². The minimum atomic E-state index is -0.124. The Morgan fingerprint density at radius 1 is 1.00 bits per heavy atom. The molecule has 1 heterocycles. The molecule has 2 aromatic carbocycles. The zero-order chi connectivity index (χ0) is 14.8. The van der Waals surface area contributed by atoms with Gasteiger partial charge in [0.05, 0.1) is 11.3 Å². The lowest BCUT2D eigenvalue weighted by atomic mass is 10.1. The van der Waals surface area contributed by atoms with Crippen LogP contribution in [0.3, 0.4) is 0 Å². The summed E-state index contributed by atoms with van der Waals surface area (Å²) in [6.45, 7) is 4.12. The number of nitrogens with zero attached hydrogens (tertiary/aromatic N) is 1. The minimum Gasteiger partial charge on any atom is -0.321 e.